The van der Waals surface area contributed by atoms with Crippen LogP contribution in [0.1, 0.15) is 26.6 Å². The van der Waals surface area contributed by atoms with Gasteiger partial charge in [0, 0.05) is 50.6 Å². The monoisotopic (exact) mass is 530 g/mol. The van der Waals surface area contributed by atoms with Crippen molar-refractivity contribution in [3.05, 3.63) is 51.5 Å². The molecular weight excluding hydrogens is 499 g/mol. The number of aromatic nitrogens is 1. The van der Waals surface area contributed by atoms with E-state index in [2.05, 4.69) is 31.3 Å². The number of hydrogen-bond donors (Lipinski definition) is 3. The SMILES string of the molecule is CN=C(NCCc1csc(C)n1)NCc1cccc(C(=O)NCCN(C)C)c1.I. The molecule has 7 nitrogen and oxygen atoms in total. The third kappa shape index (κ3) is 9.55. The van der Waals surface area contributed by atoms with Crippen LogP contribution < -0.4 is 16.0 Å². The Labute approximate surface area is 194 Å². The van der Waals surface area contributed by atoms with E-state index in [9.17, 15) is 4.79 Å². The van der Waals surface area contributed by atoms with E-state index >= 15 is 0 Å². The van der Waals surface area contributed by atoms with E-state index in [-0.39, 0.29) is 29.9 Å². The number of amides is 1. The third-order valence-electron chi connectivity index (χ3n) is 4.06. The summed E-state index contributed by atoms with van der Waals surface area (Å²) in [6.45, 7) is 4.81. The minimum atomic E-state index is -0.0511. The Kier molecular flexibility index (Phi) is 11.8. The lowest BCUT2D eigenvalue weighted by atomic mass is 10.1. The van der Waals surface area contributed by atoms with Gasteiger partial charge in [0.15, 0.2) is 5.96 Å². The van der Waals surface area contributed by atoms with Crippen molar-refractivity contribution in [1.29, 1.82) is 0 Å². The van der Waals surface area contributed by atoms with Gasteiger partial charge in [-0.1, -0.05) is 12.1 Å². The van der Waals surface area contributed by atoms with Crippen LogP contribution in [0.25, 0.3) is 0 Å². The molecule has 29 heavy (non-hydrogen) atoms. The zero-order valence-corrected chi connectivity index (χ0v) is 20.6. The molecule has 9 heteroatoms. The van der Waals surface area contributed by atoms with Gasteiger partial charge in [0.25, 0.3) is 5.91 Å². The number of guanidine groups is 1. The number of nitrogens with one attached hydrogen (secondary N) is 3. The first-order chi connectivity index (χ1) is 13.5. The van der Waals surface area contributed by atoms with Gasteiger partial charge in [-0.05, 0) is 38.7 Å². The van der Waals surface area contributed by atoms with Crippen LogP contribution >= 0.6 is 35.3 Å². The van der Waals surface area contributed by atoms with Crippen LogP contribution in [0, 0.1) is 6.92 Å². The van der Waals surface area contributed by atoms with Gasteiger partial charge in [-0.3, -0.25) is 9.79 Å². The second kappa shape index (κ2) is 13.5. The number of halogens is 1. The van der Waals surface area contributed by atoms with Crippen LogP contribution in [0.2, 0.25) is 0 Å². The van der Waals surface area contributed by atoms with E-state index in [1.165, 1.54) is 0 Å². The predicted octanol–water partition coefficient (Wildman–Crippen LogP) is 2.27. The van der Waals surface area contributed by atoms with Crippen molar-refractivity contribution in [3.63, 3.8) is 0 Å². The van der Waals surface area contributed by atoms with Gasteiger partial charge >= 0.3 is 0 Å². The predicted molar refractivity (Wildman–Crippen MR) is 132 cm³/mol. The minimum Gasteiger partial charge on any atom is -0.356 e. The van der Waals surface area contributed by atoms with Crippen LogP contribution in [0.3, 0.4) is 0 Å². The van der Waals surface area contributed by atoms with Crippen LogP contribution in [-0.2, 0) is 13.0 Å². The van der Waals surface area contributed by atoms with Gasteiger partial charge in [-0.25, -0.2) is 4.98 Å². The van der Waals surface area contributed by atoms with Crippen molar-refractivity contribution in [2.45, 2.75) is 19.9 Å². The molecule has 0 fully saturated rings. The maximum Gasteiger partial charge on any atom is 0.251 e. The zero-order valence-electron chi connectivity index (χ0n) is 17.5. The maximum absolute atomic E-state index is 12.3. The molecule has 0 unspecified atom stereocenters. The van der Waals surface area contributed by atoms with E-state index in [0.717, 1.165) is 41.7 Å². The smallest absolute Gasteiger partial charge is 0.251 e. The van der Waals surface area contributed by atoms with E-state index < -0.39 is 0 Å². The van der Waals surface area contributed by atoms with E-state index in [0.29, 0.717) is 18.7 Å². The molecule has 0 radical (unpaired) electrons. The molecule has 0 aliphatic heterocycles. The number of rotatable bonds is 9. The lowest BCUT2D eigenvalue weighted by Gasteiger charge is -2.13. The molecule has 1 amide bonds. The van der Waals surface area contributed by atoms with Gasteiger partial charge in [-0.2, -0.15) is 0 Å². The van der Waals surface area contributed by atoms with Gasteiger partial charge in [0.05, 0.1) is 10.7 Å². The highest BCUT2D eigenvalue weighted by molar-refractivity contribution is 14.0. The quantitative estimate of drug-likeness (QED) is 0.263. The molecule has 1 aromatic carbocycles. The molecule has 0 saturated heterocycles. The number of carbonyl (C=O) groups is 1. The minimum absolute atomic E-state index is 0. The number of likely N-dealkylation sites (N-methyl/N-ethyl adjacent to an activating group) is 1. The van der Waals surface area contributed by atoms with Gasteiger partial charge in [-0.15, -0.1) is 35.3 Å². The van der Waals surface area contributed by atoms with Gasteiger partial charge in [0.2, 0.25) is 0 Å². The fraction of sp³-hybridized carbons (Fsp3) is 0.450. The Morgan fingerprint density at radius 3 is 2.66 bits per heavy atom. The molecular formula is C20H31IN6OS. The number of hydrogen-bond acceptors (Lipinski definition) is 5. The average Bonchev–Trinajstić information content (AvgIpc) is 3.09. The third-order valence-corrected chi connectivity index (χ3v) is 4.88. The van der Waals surface area contributed by atoms with E-state index in [1.807, 2.05) is 50.2 Å². The summed E-state index contributed by atoms with van der Waals surface area (Å²) in [4.78, 5) is 23.0. The Hall–Kier alpha value is -1.72. The summed E-state index contributed by atoms with van der Waals surface area (Å²) in [5.74, 6) is 0.678. The second-order valence-electron chi connectivity index (χ2n) is 6.72. The number of aryl methyl sites for hydroxylation is 1. The average molecular weight is 530 g/mol. The molecule has 0 saturated carbocycles. The molecule has 1 aromatic heterocycles. The number of carbonyl (C=O) groups excluding carboxylic acids is 1. The highest BCUT2D eigenvalue weighted by Gasteiger charge is 2.07. The topological polar surface area (TPSA) is 81.6 Å². The molecule has 160 valence electrons. The summed E-state index contributed by atoms with van der Waals surface area (Å²) in [6.07, 6.45) is 0.855. The molecule has 0 aliphatic rings. The lowest BCUT2D eigenvalue weighted by molar-refractivity contribution is 0.0951. The Morgan fingerprint density at radius 1 is 1.21 bits per heavy atom. The van der Waals surface area contributed by atoms with Crippen LogP contribution in [-0.4, -0.2) is 62.5 Å². The fourth-order valence-electron chi connectivity index (χ4n) is 2.56. The summed E-state index contributed by atoms with van der Waals surface area (Å²) in [5, 5.41) is 12.7. The van der Waals surface area contributed by atoms with E-state index in [4.69, 9.17) is 0 Å². The fourth-order valence-corrected chi connectivity index (χ4v) is 3.20. The summed E-state index contributed by atoms with van der Waals surface area (Å²) < 4.78 is 0. The molecule has 0 atom stereocenters. The first-order valence-electron chi connectivity index (χ1n) is 9.35. The van der Waals surface area contributed by atoms with Gasteiger partial charge in [0.1, 0.15) is 0 Å². The number of nitrogens with zero attached hydrogens (tertiary/aromatic N) is 3. The summed E-state index contributed by atoms with van der Waals surface area (Å²) in [5.41, 5.74) is 2.79. The zero-order chi connectivity index (χ0) is 20.4. The van der Waals surface area contributed by atoms with Crippen LogP contribution in [0.15, 0.2) is 34.6 Å². The number of thiazole rings is 1. The molecule has 0 aliphatic carbocycles. The summed E-state index contributed by atoms with van der Waals surface area (Å²) in [7, 11) is 5.71. The summed E-state index contributed by atoms with van der Waals surface area (Å²) >= 11 is 1.67. The first kappa shape index (κ1) is 25.3. The van der Waals surface area contributed by atoms with Gasteiger partial charge < -0.3 is 20.9 Å². The van der Waals surface area contributed by atoms with Crippen molar-refractivity contribution in [2.24, 2.45) is 4.99 Å². The molecule has 3 N–H and O–H groups in total. The first-order valence-corrected chi connectivity index (χ1v) is 10.2. The summed E-state index contributed by atoms with van der Waals surface area (Å²) in [6, 6.07) is 7.63. The van der Waals surface area contributed by atoms with Crippen molar-refractivity contribution in [1.82, 2.24) is 25.8 Å². The molecule has 0 spiro atoms. The van der Waals surface area contributed by atoms with Crippen molar-refractivity contribution in [2.75, 3.05) is 40.8 Å². The highest BCUT2D eigenvalue weighted by atomic mass is 127. The lowest BCUT2D eigenvalue weighted by Crippen LogP contribution is -2.38. The van der Waals surface area contributed by atoms with Crippen molar-refractivity contribution < 1.29 is 4.79 Å². The highest BCUT2D eigenvalue weighted by Crippen LogP contribution is 2.08. The normalized spacial score (nSPS) is 11.1. The largest absolute Gasteiger partial charge is 0.356 e. The maximum atomic E-state index is 12.3. The van der Waals surface area contributed by atoms with Crippen molar-refractivity contribution >= 4 is 47.2 Å². The van der Waals surface area contributed by atoms with Crippen molar-refractivity contribution in [3.8, 4) is 0 Å². The molecule has 2 aromatic rings. The van der Waals surface area contributed by atoms with Crippen LogP contribution in [0.4, 0.5) is 0 Å². The number of benzene rings is 1. The van der Waals surface area contributed by atoms with E-state index in [1.54, 1.807) is 18.4 Å². The molecule has 0 bridgehead atoms. The Balaban J connectivity index is 0.00000420. The Morgan fingerprint density at radius 2 is 2.00 bits per heavy atom. The molecule has 1 heterocycles. The standard InChI is InChI=1S/C20H30N6OS.HI/c1-15-25-18(14-28-15)8-9-23-20(21-2)24-13-16-6-5-7-17(12-16)19(27)22-10-11-26(3)4;/h5-7,12,14H,8-11,13H2,1-4H3,(H,22,27)(H2,21,23,24);1H. The Bertz CT molecular complexity index is 793. The van der Waals surface area contributed by atoms with Crippen LogP contribution in [0.5, 0.6) is 0 Å². The molecule has 2 rings (SSSR count). The number of aliphatic imine (C=N–C) groups is 1. The second-order valence-corrected chi connectivity index (χ2v) is 7.78.